The van der Waals surface area contributed by atoms with Gasteiger partial charge in [0, 0.05) is 16.9 Å². The molecule has 1 aromatic carbocycles. The van der Waals surface area contributed by atoms with Gasteiger partial charge in [-0.05, 0) is 49.8 Å². The lowest BCUT2D eigenvalue weighted by atomic mass is 9.44. The monoisotopic (exact) mass is 494 g/mol. The van der Waals surface area contributed by atoms with E-state index >= 15 is 0 Å². The Bertz CT molecular complexity index is 1060. The van der Waals surface area contributed by atoms with Gasteiger partial charge in [-0.1, -0.05) is 30.7 Å². The number of hydrogen-bond acceptors (Lipinski definition) is 9. The van der Waals surface area contributed by atoms with Crippen LogP contribution in [-0.4, -0.2) is 69.3 Å². The maximum absolute atomic E-state index is 12.8. The normalized spacial score (nSPS) is 44.6. The molecule has 0 radical (unpaired) electrons. The molecule has 0 aromatic heterocycles. The van der Waals surface area contributed by atoms with Crippen LogP contribution < -0.4 is 0 Å². The number of halogens is 1. The van der Waals surface area contributed by atoms with Crippen molar-refractivity contribution >= 4 is 29.5 Å². The van der Waals surface area contributed by atoms with Crippen molar-refractivity contribution in [2.24, 2.45) is 16.7 Å². The van der Waals surface area contributed by atoms with Crippen molar-refractivity contribution in [1.29, 1.82) is 0 Å². The molecular weight excluding hydrogens is 468 g/mol. The number of esters is 3. The third kappa shape index (κ3) is 2.64. The molecule has 1 aromatic rings. The van der Waals surface area contributed by atoms with E-state index in [0.717, 1.165) is 5.56 Å². The van der Waals surface area contributed by atoms with E-state index in [0.29, 0.717) is 11.4 Å². The lowest BCUT2D eigenvalue weighted by Crippen LogP contribution is -2.82. The summed E-state index contributed by atoms with van der Waals surface area (Å²) < 4.78 is 16.2. The molecule has 0 unspecified atom stereocenters. The minimum atomic E-state index is -2.35. The Labute approximate surface area is 200 Å². The molecule has 2 aliphatic carbocycles. The summed E-state index contributed by atoms with van der Waals surface area (Å²) in [6.45, 7) is 2.82. The zero-order chi connectivity index (χ0) is 24.7. The van der Waals surface area contributed by atoms with Crippen molar-refractivity contribution in [3.63, 3.8) is 0 Å². The van der Waals surface area contributed by atoms with Crippen molar-refractivity contribution in [3.8, 4) is 0 Å². The minimum Gasteiger partial charge on any atom is -0.463 e. The molecule has 1 spiro atoms. The summed E-state index contributed by atoms with van der Waals surface area (Å²) in [5.41, 5.74) is -6.81. The van der Waals surface area contributed by atoms with Crippen LogP contribution in [0.4, 0.5) is 0 Å². The van der Waals surface area contributed by atoms with Crippen molar-refractivity contribution in [3.05, 3.63) is 34.9 Å². The van der Waals surface area contributed by atoms with E-state index in [-0.39, 0.29) is 25.9 Å². The fourth-order valence-corrected chi connectivity index (χ4v) is 7.11. The molecule has 10 heteroatoms. The zero-order valence-electron chi connectivity index (χ0n) is 18.8. The number of carbonyl (C=O) groups excluding carboxylic acids is 3. The smallest absolute Gasteiger partial charge is 0.342 e. The van der Waals surface area contributed by atoms with Gasteiger partial charge in [0.25, 0.3) is 0 Å². The standard InChI is InChI=1S/C24H27ClO9/c1-12-9-15(33-17(26)8-5-13-3-6-14(25)7-4-13)24(31)21(2)11-32-20(29)23(21,30)16-10-22(12,24)18(27)19(28)34-16/h3-4,6-7,12,15-16,18,27,30-31H,5,8-11H2,1-2H3/t12-,15-,16-,18+,21-,22+,23-,24+/m1/s1. The molecule has 0 amide bonds. The number of cyclic esters (lactones) is 1. The molecule has 4 fully saturated rings. The summed E-state index contributed by atoms with van der Waals surface area (Å²) in [6.07, 6.45) is -3.87. The highest BCUT2D eigenvalue weighted by atomic mass is 35.5. The average molecular weight is 495 g/mol. The first-order valence-corrected chi connectivity index (χ1v) is 11.7. The van der Waals surface area contributed by atoms with Gasteiger partial charge in [-0.15, -0.1) is 0 Å². The fourth-order valence-electron chi connectivity index (χ4n) is 6.98. The Morgan fingerprint density at radius 3 is 2.59 bits per heavy atom. The van der Waals surface area contributed by atoms with Crippen LogP contribution in [0.2, 0.25) is 5.02 Å². The minimum absolute atomic E-state index is 0.0131. The Balaban J connectivity index is 1.49. The van der Waals surface area contributed by atoms with E-state index in [1.54, 1.807) is 31.2 Å². The molecule has 2 heterocycles. The quantitative estimate of drug-likeness (QED) is 0.412. The van der Waals surface area contributed by atoms with Crippen molar-refractivity contribution in [2.75, 3.05) is 6.61 Å². The summed E-state index contributed by atoms with van der Waals surface area (Å²) in [6, 6.07) is 7.02. The van der Waals surface area contributed by atoms with E-state index in [1.165, 1.54) is 6.92 Å². The maximum Gasteiger partial charge on any atom is 0.342 e. The van der Waals surface area contributed by atoms with Gasteiger partial charge in [-0.2, -0.15) is 0 Å². The van der Waals surface area contributed by atoms with Crippen LogP contribution in [0.5, 0.6) is 0 Å². The third-order valence-corrected chi connectivity index (χ3v) is 9.12. The molecule has 2 bridgehead atoms. The lowest BCUT2D eigenvalue weighted by molar-refractivity contribution is -0.334. The van der Waals surface area contributed by atoms with Gasteiger partial charge in [0.15, 0.2) is 6.10 Å². The van der Waals surface area contributed by atoms with E-state index in [1.807, 2.05) is 0 Å². The zero-order valence-corrected chi connectivity index (χ0v) is 19.6. The highest BCUT2D eigenvalue weighted by Gasteiger charge is 2.88. The summed E-state index contributed by atoms with van der Waals surface area (Å²) in [5.74, 6) is -3.14. The molecule has 2 saturated carbocycles. The van der Waals surface area contributed by atoms with Crippen LogP contribution in [0, 0.1) is 16.7 Å². The van der Waals surface area contributed by atoms with Gasteiger partial charge in [-0.25, -0.2) is 9.59 Å². The molecule has 3 N–H and O–H groups in total. The SMILES string of the molecule is C[C@@H]1C[C@@H](OC(=O)CCc2ccc(Cl)cc2)[C@@]2(O)[C@@]13C[C@@H](OC(=O)[C@@H]3O)[C@@]1(O)C(=O)OC[C@@]21C. The molecule has 5 rings (SSSR count). The van der Waals surface area contributed by atoms with Gasteiger partial charge >= 0.3 is 17.9 Å². The molecule has 2 saturated heterocycles. The van der Waals surface area contributed by atoms with Gasteiger partial charge in [-0.3, -0.25) is 4.79 Å². The Morgan fingerprint density at radius 1 is 1.24 bits per heavy atom. The van der Waals surface area contributed by atoms with Gasteiger partial charge in [0.1, 0.15) is 24.4 Å². The molecule has 8 atom stereocenters. The predicted octanol–water partition coefficient (Wildman–Crippen LogP) is 0.926. The summed E-state index contributed by atoms with van der Waals surface area (Å²) >= 11 is 5.90. The highest BCUT2D eigenvalue weighted by molar-refractivity contribution is 6.30. The first-order chi connectivity index (χ1) is 15.9. The van der Waals surface area contributed by atoms with Crippen LogP contribution in [0.3, 0.4) is 0 Å². The Morgan fingerprint density at radius 2 is 1.91 bits per heavy atom. The molecular formula is C24H27ClO9. The number of benzene rings is 1. The van der Waals surface area contributed by atoms with E-state index < -0.39 is 64.2 Å². The maximum atomic E-state index is 12.8. The number of aliphatic hydroxyl groups is 3. The number of rotatable bonds is 4. The largest absolute Gasteiger partial charge is 0.463 e. The number of hydrogen-bond donors (Lipinski definition) is 3. The molecule has 2 aliphatic heterocycles. The van der Waals surface area contributed by atoms with Crippen LogP contribution in [0.1, 0.15) is 38.7 Å². The van der Waals surface area contributed by atoms with Crippen molar-refractivity contribution in [2.45, 2.75) is 69.0 Å². The van der Waals surface area contributed by atoms with Gasteiger partial charge in [0.05, 0.1) is 5.41 Å². The van der Waals surface area contributed by atoms with Crippen LogP contribution in [0.15, 0.2) is 24.3 Å². The first kappa shape index (κ1) is 23.5. The Hall–Kier alpha value is -2.20. The van der Waals surface area contributed by atoms with Crippen LogP contribution in [0.25, 0.3) is 0 Å². The number of aliphatic hydroxyl groups excluding tert-OH is 1. The number of aryl methyl sites for hydroxylation is 1. The lowest BCUT2D eigenvalue weighted by Gasteiger charge is -2.64. The van der Waals surface area contributed by atoms with E-state index in [2.05, 4.69) is 0 Å². The van der Waals surface area contributed by atoms with Crippen molar-refractivity contribution in [1.82, 2.24) is 0 Å². The highest BCUT2D eigenvalue weighted by Crippen LogP contribution is 2.72. The molecule has 184 valence electrons. The second-order valence-electron chi connectivity index (χ2n) is 10.3. The summed E-state index contributed by atoms with van der Waals surface area (Å²) in [5, 5.41) is 35.5. The van der Waals surface area contributed by atoms with Gasteiger partial charge in [0.2, 0.25) is 5.60 Å². The van der Waals surface area contributed by atoms with E-state index in [9.17, 15) is 29.7 Å². The summed E-state index contributed by atoms with van der Waals surface area (Å²) in [4.78, 5) is 38.2. The second kappa shape index (κ2) is 7.40. The Kier molecular flexibility index (Phi) is 5.12. The predicted molar refractivity (Wildman–Crippen MR) is 115 cm³/mol. The third-order valence-electron chi connectivity index (χ3n) is 8.87. The van der Waals surface area contributed by atoms with Crippen molar-refractivity contribution < 1.29 is 43.9 Å². The molecule has 4 aliphatic rings. The first-order valence-electron chi connectivity index (χ1n) is 11.4. The number of ether oxygens (including phenoxy) is 3. The van der Waals surface area contributed by atoms with E-state index in [4.69, 9.17) is 25.8 Å². The topological polar surface area (TPSA) is 140 Å². The number of fused-ring (bicyclic) bond motifs is 4. The molecule has 34 heavy (non-hydrogen) atoms. The fraction of sp³-hybridized carbons (Fsp3) is 0.625. The average Bonchev–Trinajstić information content (AvgIpc) is 3.17. The summed E-state index contributed by atoms with van der Waals surface area (Å²) in [7, 11) is 0. The molecule has 9 nitrogen and oxygen atoms in total. The number of carbonyl (C=O) groups is 3. The van der Waals surface area contributed by atoms with Crippen LogP contribution in [-0.2, 0) is 35.0 Å². The van der Waals surface area contributed by atoms with Gasteiger partial charge < -0.3 is 29.5 Å². The van der Waals surface area contributed by atoms with Crippen LogP contribution >= 0.6 is 11.6 Å². The second-order valence-corrected chi connectivity index (χ2v) is 10.7.